The first-order valence-corrected chi connectivity index (χ1v) is 8.51. The van der Waals surface area contributed by atoms with Gasteiger partial charge in [0.2, 0.25) is 0 Å². The second-order valence-electron chi connectivity index (χ2n) is 6.37. The Balaban J connectivity index is 1.48. The SMILES string of the molecule is O=C(c1cn[nH]c1-c1ccncc1)N1CCC(N2CCNCC2)C1. The summed E-state index contributed by atoms with van der Waals surface area (Å²) in [5.41, 5.74) is 2.35. The zero-order valence-electron chi connectivity index (χ0n) is 13.6. The summed E-state index contributed by atoms with van der Waals surface area (Å²) in [6.45, 7) is 5.84. The Kier molecular flexibility index (Phi) is 4.27. The molecular weight excluding hydrogens is 304 g/mol. The standard InChI is InChI=1S/C17H22N6O/c24-17(15-11-20-21-16(15)13-1-4-18-5-2-13)23-8-3-14(12-23)22-9-6-19-7-10-22/h1-2,4-5,11,14,19H,3,6-10,12H2,(H,20,21). The van der Waals surface area contributed by atoms with Crippen LogP contribution in [-0.4, -0.2) is 76.2 Å². The van der Waals surface area contributed by atoms with Crippen LogP contribution in [0.5, 0.6) is 0 Å². The van der Waals surface area contributed by atoms with Crippen molar-refractivity contribution >= 4 is 5.91 Å². The van der Waals surface area contributed by atoms with Crippen molar-refractivity contribution in [2.24, 2.45) is 0 Å². The maximum absolute atomic E-state index is 12.9. The van der Waals surface area contributed by atoms with E-state index in [1.165, 1.54) is 0 Å². The molecule has 1 amide bonds. The Hall–Kier alpha value is -2.25. The van der Waals surface area contributed by atoms with Gasteiger partial charge in [-0.1, -0.05) is 0 Å². The highest BCUT2D eigenvalue weighted by atomic mass is 16.2. The smallest absolute Gasteiger partial charge is 0.257 e. The number of piperazine rings is 1. The molecule has 126 valence electrons. The van der Waals surface area contributed by atoms with Gasteiger partial charge < -0.3 is 10.2 Å². The van der Waals surface area contributed by atoms with E-state index in [2.05, 4.69) is 25.4 Å². The minimum Gasteiger partial charge on any atom is -0.337 e. The van der Waals surface area contributed by atoms with E-state index in [4.69, 9.17) is 0 Å². The summed E-state index contributed by atoms with van der Waals surface area (Å²) in [6, 6.07) is 4.25. The zero-order chi connectivity index (χ0) is 16.4. The molecule has 0 radical (unpaired) electrons. The molecule has 0 saturated carbocycles. The second kappa shape index (κ2) is 6.70. The fourth-order valence-corrected chi connectivity index (χ4v) is 3.63. The van der Waals surface area contributed by atoms with Crippen LogP contribution < -0.4 is 5.32 Å². The van der Waals surface area contributed by atoms with Gasteiger partial charge in [0.1, 0.15) is 0 Å². The zero-order valence-corrected chi connectivity index (χ0v) is 13.6. The monoisotopic (exact) mass is 326 g/mol. The predicted molar refractivity (Wildman–Crippen MR) is 90.6 cm³/mol. The van der Waals surface area contributed by atoms with Crippen LogP contribution in [0.3, 0.4) is 0 Å². The number of hydrogen-bond donors (Lipinski definition) is 2. The number of carbonyl (C=O) groups excluding carboxylic acids is 1. The molecule has 0 spiro atoms. The van der Waals surface area contributed by atoms with E-state index < -0.39 is 0 Å². The highest BCUT2D eigenvalue weighted by molar-refractivity contribution is 5.99. The van der Waals surface area contributed by atoms with E-state index in [-0.39, 0.29) is 5.91 Å². The Morgan fingerprint density at radius 2 is 1.96 bits per heavy atom. The number of nitrogens with one attached hydrogen (secondary N) is 2. The van der Waals surface area contributed by atoms with Crippen molar-refractivity contribution in [2.45, 2.75) is 12.5 Å². The van der Waals surface area contributed by atoms with Gasteiger partial charge in [-0.25, -0.2) is 0 Å². The summed E-state index contributed by atoms with van der Waals surface area (Å²) < 4.78 is 0. The third kappa shape index (κ3) is 2.92. The van der Waals surface area contributed by atoms with Crippen LogP contribution in [0.25, 0.3) is 11.3 Å². The first-order valence-electron chi connectivity index (χ1n) is 8.51. The number of nitrogens with zero attached hydrogens (tertiary/aromatic N) is 4. The third-order valence-electron chi connectivity index (χ3n) is 4.96. The number of H-pyrrole nitrogens is 1. The Morgan fingerprint density at radius 1 is 1.17 bits per heavy atom. The van der Waals surface area contributed by atoms with Crippen molar-refractivity contribution in [3.63, 3.8) is 0 Å². The molecule has 4 heterocycles. The molecule has 4 rings (SSSR count). The van der Waals surface area contributed by atoms with Crippen molar-refractivity contribution in [1.82, 2.24) is 30.3 Å². The van der Waals surface area contributed by atoms with Crippen molar-refractivity contribution in [1.29, 1.82) is 0 Å². The Bertz CT molecular complexity index is 694. The molecule has 1 unspecified atom stereocenters. The number of aromatic amines is 1. The van der Waals surface area contributed by atoms with Crippen LogP contribution in [-0.2, 0) is 0 Å². The molecule has 24 heavy (non-hydrogen) atoms. The van der Waals surface area contributed by atoms with Crippen LogP contribution >= 0.6 is 0 Å². The summed E-state index contributed by atoms with van der Waals surface area (Å²) in [5, 5.41) is 10.4. The van der Waals surface area contributed by atoms with Crippen molar-refractivity contribution in [3.05, 3.63) is 36.3 Å². The van der Waals surface area contributed by atoms with Crippen LogP contribution in [0.2, 0.25) is 0 Å². The Morgan fingerprint density at radius 3 is 2.75 bits per heavy atom. The van der Waals surface area contributed by atoms with Crippen molar-refractivity contribution in [3.8, 4) is 11.3 Å². The van der Waals surface area contributed by atoms with Crippen molar-refractivity contribution < 1.29 is 4.79 Å². The quantitative estimate of drug-likeness (QED) is 0.863. The normalized spacial score (nSPS) is 22.0. The van der Waals surface area contributed by atoms with E-state index in [0.29, 0.717) is 11.6 Å². The molecule has 1 atom stereocenters. The highest BCUT2D eigenvalue weighted by Gasteiger charge is 2.32. The molecular formula is C17H22N6O. The second-order valence-corrected chi connectivity index (χ2v) is 6.37. The van der Waals surface area contributed by atoms with Crippen LogP contribution in [0.1, 0.15) is 16.8 Å². The van der Waals surface area contributed by atoms with E-state index in [0.717, 1.165) is 56.9 Å². The number of rotatable bonds is 3. The third-order valence-corrected chi connectivity index (χ3v) is 4.96. The molecule has 0 bridgehead atoms. The minimum absolute atomic E-state index is 0.0631. The molecule has 2 aliphatic heterocycles. The van der Waals surface area contributed by atoms with Gasteiger partial charge in [0.15, 0.2) is 0 Å². The lowest BCUT2D eigenvalue weighted by molar-refractivity contribution is 0.0774. The van der Waals surface area contributed by atoms with Gasteiger partial charge in [-0.3, -0.25) is 19.8 Å². The van der Waals surface area contributed by atoms with Gasteiger partial charge in [0.25, 0.3) is 5.91 Å². The largest absolute Gasteiger partial charge is 0.337 e. The minimum atomic E-state index is 0.0631. The molecule has 2 saturated heterocycles. The van der Waals surface area contributed by atoms with Gasteiger partial charge in [-0.05, 0) is 18.6 Å². The van der Waals surface area contributed by atoms with Gasteiger partial charge in [-0.15, -0.1) is 0 Å². The summed E-state index contributed by atoms with van der Waals surface area (Å²) in [7, 11) is 0. The fourth-order valence-electron chi connectivity index (χ4n) is 3.63. The van der Waals surface area contributed by atoms with Gasteiger partial charge in [0.05, 0.1) is 17.5 Å². The molecule has 0 aliphatic carbocycles. The average molecular weight is 326 g/mol. The van der Waals surface area contributed by atoms with E-state index in [9.17, 15) is 4.79 Å². The summed E-state index contributed by atoms with van der Waals surface area (Å²) in [5.74, 6) is 0.0631. The summed E-state index contributed by atoms with van der Waals surface area (Å²) >= 11 is 0. The van der Waals surface area contributed by atoms with Crippen LogP contribution in [0.15, 0.2) is 30.7 Å². The van der Waals surface area contributed by atoms with E-state index >= 15 is 0 Å². The predicted octanol–water partition coefficient (Wildman–Crippen LogP) is 0.591. The van der Waals surface area contributed by atoms with Gasteiger partial charge in [0, 0.05) is 63.3 Å². The maximum atomic E-state index is 12.9. The number of carbonyl (C=O) groups is 1. The first kappa shape index (κ1) is 15.3. The molecule has 2 aromatic heterocycles. The molecule has 7 nitrogen and oxygen atoms in total. The van der Waals surface area contributed by atoms with E-state index in [1.54, 1.807) is 18.6 Å². The summed E-state index contributed by atoms with van der Waals surface area (Å²) in [4.78, 5) is 21.4. The molecule has 7 heteroatoms. The number of pyridine rings is 1. The molecule has 0 aromatic carbocycles. The fraction of sp³-hybridized carbons (Fsp3) is 0.471. The molecule has 2 aromatic rings. The van der Waals surface area contributed by atoms with Gasteiger partial charge in [-0.2, -0.15) is 5.10 Å². The Labute approximate surface area is 141 Å². The lowest BCUT2D eigenvalue weighted by atomic mass is 10.1. The number of likely N-dealkylation sites (tertiary alicyclic amines) is 1. The van der Waals surface area contributed by atoms with Crippen molar-refractivity contribution in [2.75, 3.05) is 39.3 Å². The number of hydrogen-bond acceptors (Lipinski definition) is 5. The average Bonchev–Trinajstić information content (AvgIpc) is 3.32. The molecule has 2 fully saturated rings. The number of aromatic nitrogens is 3. The lowest BCUT2D eigenvalue weighted by Crippen LogP contribution is -2.49. The van der Waals surface area contributed by atoms with E-state index in [1.807, 2.05) is 17.0 Å². The molecule has 2 aliphatic rings. The summed E-state index contributed by atoms with van der Waals surface area (Å²) in [6.07, 6.45) is 6.13. The first-order chi connectivity index (χ1) is 11.8. The number of amides is 1. The van der Waals surface area contributed by atoms with Crippen LogP contribution in [0.4, 0.5) is 0 Å². The van der Waals surface area contributed by atoms with Gasteiger partial charge >= 0.3 is 0 Å². The topological polar surface area (TPSA) is 77.2 Å². The van der Waals surface area contributed by atoms with Crippen LogP contribution in [0, 0.1) is 0 Å². The maximum Gasteiger partial charge on any atom is 0.257 e. The molecule has 2 N–H and O–H groups in total. The lowest BCUT2D eigenvalue weighted by Gasteiger charge is -2.32. The highest BCUT2D eigenvalue weighted by Crippen LogP contribution is 2.24.